The number of hydrogen-bond acceptors (Lipinski definition) is 3. The third kappa shape index (κ3) is 1.19. The Labute approximate surface area is 89.5 Å². The molecule has 0 saturated heterocycles. The zero-order chi connectivity index (χ0) is 9.54. The van der Waals surface area contributed by atoms with E-state index >= 15 is 0 Å². The van der Waals surface area contributed by atoms with E-state index in [2.05, 4.69) is 34.0 Å². The Morgan fingerprint density at radius 3 is 3.00 bits per heavy atom. The van der Waals surface area contributed by atoms with Crippen LogP contribution in [0.1, 0.15) is 5.56 Å². The van der Waals surface area contributed by atoms with Gasteiger partial charge in [0, 0.05) is 17.8 Å². The molecule has 0 aliphatic heterocycles. The molecule has 14 heavy (non-hydrogen) atoms. The van der Waals surface area contributed by atoms with Gasteiger partial charge in [-0.2, -0.15) is 0 Å². The summed E-state index contributed by atoms with van der Waals surface area (Å²) in [6.07, 6.45) is 4.12. The molecule has 3 rings (SSSR count). The summed E-state index contributed by atoms with van der Waals surface area (Å²) in [5.74, 6) is 0. The van der Waals surface area contributed by atoms with Crippen molar-refractivity contribution in [2.24, 2.45) is 0 Å². The van der Waals surface area contributed by atoms with Gasteiger partial charge in [-0.25, -0.2) is 4.98 Å². The van der Waals surface area contributed by atoms with Gasteiger partial charge >= 0.3 is 0 Å². The van der Waals surface area contributed by atoms with E-state index in [0.29, 0.717) is 0 Å². The quantitative estimate of drug-likeness (QED) is 0.614. The Hall–Kier alpha value is -1.13. The monoisotopic (exact) mass is 220 g/mol. The fourth-order valence-electron chi connectivity index (χ4n) is 1.41. The van der Waals surface area contributed by atoms with Gasteiger partial charge in [0.25, 0.3) is 0 Å². The van der Waals surface area contributed by atoms with Crippen LogP contribution in [0.3, 0.4) is 0 Å². The molecule has 0 spiro atoms. The van der Waals surface area contributed by atoms with Crippen LogP contribution in [0.15, 0.2) is 29.2 Å². The van der Waals surface area contributed by atoms with Crippen LogP contribution in [-0.2, 0) is 0 Å². The Bertz CT molecular complexity index is 545. The molecule has 0 saturated carbocycles. The van der Waals surface area contributed by atoms with E-state index in [1.165, 1.54) is 10.4 Å². The first-order valence-corrected chi connectivity index (χ1v) is 6.06. The summed E-state index contributed by atoms with van der Waals surface area (Å²) in [7, 11) is 0. The van der Waals surface area contributed by atoms with Gasteiger partial charge in [-0.15, -0.1) is 22.7 Å². The van der Waals surface area contributed by atoms with Crippen molar-refractivity contribution in [3.8, 4) is 10.6 Å². The van der Waals surface area contributed by atoms with Crippen molar-refractivity contribution in [3.63, 3.8) is 0 Å². The molecular weight excluding hydrogens is 212 g/mol. The van der Waals surface area contributed by atoms with Crippen LogP contribution in [0.4, 0.5) is 0 Å². The number of fused-ring (bicyclic) bond motifs is 1. The lowest BCUT2D eigenvalue weighted by atomic mass is 10.3. The van der Waals surface area contributed by atoms with Gasteiger partial charge < -0.3 is 0 Å². The summed E-state index contributed by atoms with van der Waals surface area (Å²) >= 11 is 3.42. The summed E-state index contributed by atoms with van der Waals surface area (Å²) in [6.45, 7) is 2.11. The first kappa shape index (κ1) is 8.20. The standard InChI is InChI=1S/C10H8N2S2/c1-7-4-9(14-6-7)8-5-12-2-3-13-10(12)11-8/h2-6H,1H3. The van der Waals surface area contributed by atoms with E-state index < -0.39 is 0 Å². The summed E-state index contributed by atoms with van der Waals surface area (Å²) in [5.41, 5.74) is 2.39. The van der Waals surface area contributed by atoms with Gasteiger partial charge in [0.1, 0.15) is 5.69 Å². The topological polar surface area (TPSA) is 17.3 Å². The summed E-state index contributed by atoms with van der Waals surface area (Å²) in [4.78, 5) is 6.86. The number of hydrogen-bond donors (Lipinski definition) is 0. The molecule has 0 radical (unpaired) electrons. The lowest BCUT2D eigenvalue weighted by molar-refractivity contribution is 1.23. The van der Waals surface area contributed by atoms with E-state index in [0.717, 1.165) is 10.7 Å². The van der Waals surface area contributed by atoms with Crippen molar-refractivity contribution in [2.75, 3.05) is 0 Å². The summed E-state index contributed by atoms with van der Waals surface area (Å²) in [5, 5.41) is 4.20. The fourth-order valence-corrected chi connectivity index (χ4v) is 2.97. The SMILES string of the molecule is Cc1csc(-c2cn3ccsc3n2)c1. The maximum Gasteiger partial charge on any atom is 0.194 e. The average molecular weight is 220 g/mol. The highest BCUT2D eigenvalue weighted by molar-refractivity contribution is 7.15. The van der Waals surface area contributed by atoms with Gasteiger partial charge in [-0.1, -0.05) is 0 Å². The van der Waals surface area contributed by atoms with Crippen LogP contribution in [0.5, 0.6) is 0 Å². The second-order valence-corrected chi connectivity index (χ2v) is 4.99. The van der Waals surface area contributed by atoms with E-state index in [1.807, 2.05) is 11.6 Å². The molecule has 0 aliphatic rings. The Kier molecular flexibility index (Phi) is 1.72. The predicted octanol–water partition coefficient (Wildman–Crippen LogP) is 3.43. The minimum atomic E-state index is 1.06. The number of thiophene rings is 1. The van der Waals surface area contributed by atoms with Crippen LogP contribution >= 0.6 is 22.7 Å². The first-order valence-electron chi connectivity index (χ1n) is 4.30. The molecule has 0 fully saturated rings. The largest absolute Gasteiger partial charge is 0.297 e. The molecule has 0 aliphatic carbocycles. The van der Waals surface area contributed by atoms with Gasteiger partial charge in [0.05, 0.1) is 4.88 Å². The smallest absolute Gasteiger partial charge is 0.194 e. The normalized spacial score (nSPS) is 11.2. The van der Waals surface area contributed by atoms with Crippen molar-refractivity contribution in [2.45, 2.75) is 6.92 Å². The van der Waals surface area contributed by atoms with E-state index in [-0.39, 0.29) is 0 Å². The number of thiazole rings is 1. The second-order valence-electron chi connectivity index (χ2n) is 3.21. The van der Waals surface area contributed by atoms with Crippen molar-refractivity contribution < 1.29 is 0 Å². The molecule has 0 unspecified atom stereocenters. The number of imidazole rings is 1. The fraction of sp³-hybridized carbons (Fsp3) is 0.100. The zero-order valence-corrected chi connectivity index (χ0v) is 9.23. The van der Waals surface area contributed by atoms with Crippen LogP contribution in [0.2, 0.25) is 0 Å². The number of nitrogens with zero attached hydrogens (tertiary/aromatic N) is 2. The Morgan fingerprint density at radius 2 is 2.29 bits per heavy atom. The van der Waals surface area contributed by atoms with Crippen LogP contribution in [0, 0.1) is 6.92 Å². The Morgan fingerprint density at radius 1 is 1.36 bits per heavy atom. The molecule has 2 nitrogen and oxygen atoms in total. The van der Waals surface area contributed by atoms with Crippen molar-refractivity contribution in [1.82, 2.24) is 9.38 Å². The lowest BCUT2D eigenvalue weighted by Crippen LogP contribution is -1.69. The van der Waals surface area contributed by atoms with Gasteiger partial charge in [-0.3, -0.25) is 4.40 Å². The molecule has 0 N–H and O–H groups in total. The first-order chi connectivity index (χ1) is 6.83. The average Bonchev–Trinajstić information content (AvgIpc) is 2.75. The third-order valence-electron chi connectivity index (χ3n) is 2.08. The van der Waals surface area contributed by atoms with Gasteiger partial charge in [0.2, 0.25) is 0 Å². The molecule has 70 valence electrons. The van der Waals surface area contributed by atoms with Crippen molar-refractivity contribution in [1.29, 1.82) is 0 Å². The van der Waals surface area contributed by atoms with E-state index in [1.54, 1.807) is 22.7 Å². The van der Waals surface area contributed by atoms with Gasteiger partial charge in [-0.05, 0) is 23.9 Å². The molecule has 0 atom stereocenters. The predicted molar refractivity (Wildman–Crippen MR) is 61.1 cm³/mol. The molecule has 3 aromatic rings. The minimum Gasteiger partial charge on any atom is -0.297 e. The molecule has 3 heterocycles. The number of rotatable bonds is 1. The van der Waals surface area contributed by atoms with Crippen LogP contribution in [0.25, 0.3) is 15.5 Å². The number of aryl methyl sites for hydroxylation is 1. The van der Waals surface area contributed by atoms with Crippen molar-refractivity contribution >= 4 is 27.6 Å². The molecule has 0 amide bonds. The van der Waals surface area contributed by atoms with Crippen LogP contribution < -0.4 is 0 Å². The van der Waals surface area contributed by atoms with E-state index in [9.17, 15) is 0 Å². The second kappa shape index (κ2) is 2.93. The third-order valence-corrected chi connectivity index (χ3v) is 3.92. The maximum atomic E-state index is 4.55. The molecule has 3 aromatic heterocycles. The molecule has 4 heteroatoms. The number of aromatic nitrogens is 2. The highest BCUT2D eigenvalue weighted by atomic mass is 32.1. The highest BCUT2D eigenvalue weighted by Gasteiger charge is 2.06. The minimum absolute atomic E-state index is 1.06. The lowest BCUT2D eigenvalue weighted by Gasteiger charge is -1.85. The summed E-state index contributed by atoms with van der Waals surface area (Å²) < 4.78 is 2.06. The van der Waals surface area contributed by atoms with E-state index in [4.69, 9.17) is 0 Å². The maximum absolute atomic E-state index is 4.55. The zero-order valence-electron chi connectivity index (χ0n) is 7.60. The Balaban J connectivity index is 2.18. The van der Waals surface area contributed by atoms with Gasteiger partial charge in [0.15, 0.2) is 4.96 Å². The highest BCUT2D eigenvalue weighted by Crippen LogP contribution is 2.27. The van der Waals surface area contributed by atoms with Crippen LogP contribution in [-0.4, -0.2) is 9.38 Å². The van der Waals surface area contributed by atoms with Crippen molar-refractivity contribution in [3.05, 3.63) is 34.8 Å². The summed E-state index contributed by atoms with van der Waals surface area (Å²) in [6, 6.07) is 2.18. The molecule has 0 bridgehead atoms. The molecule has 0 aromatic carbocycles. The molecular formula is C10H8N2S2.